The van der Waals surface area contributed by atoms with E-state index in [0.717, 1.165) is 18.8 Å². The van der Waals surface area contributed by atoms with Crippen molar-refractivity contribution in [1.29, 1.82) is 0 Å². The number of furan rings is 1. The third kappa shape index (κ3) is 3.41. The molecule has 0 aromatic carbocycles. The first-order valence-corrected chi connectivity index (χ1v) is 5.90. The number of hydrogen-bond acceptors (Lipinski definition) is 6. The summed E-state index contributed by atoms with van der Waals surface area (Å²) in [7, 11) is 3.25. The molecule has 0 saturated carbocycles. The van der Waals surface area contributed by atoms with Crippen molar-refractivity contribution in [3.63, 3.8) is 0 Å². The van der Waals surface area contributed by atoms with Crippen LogP contribution in [0.3, 0.4) is 0 Å². The first kappa shape index (κ1) is 13.3. The predicted octanol–water partition coefficient (Wildman–Crippen LogP) is 0.527. The minimum Gasteiger partial charge on any atom is -0.467 e. The molecule has 0 saturated heterocycles. The zero-order chi connectivity index (χ0) is 13.7. The standard InChI is InChI=1S/C12H16N4O3/c1-16-8-14-15-11(16)3-4-13-6-10-5-9(7-19-10)12(17)18-2/h5,7-8,13H,3-4,6H2,1-2H3. The number of carbonyl (C=O) groups excluding carboxylic acids is 1. The lowest BCUT2D eigenvalue weighted by Crippen LogP contribution is -2.17. The van der Waals surface area contributed by atoms with Crippen molar-refractivity contribution in [1.82, 2.24) is 20.1 Å². The third-order valence-electron chi connectivity index (χ3n) is 2.70. The van der Waals surface area contributed by atoms with Crippen LogP contribution in [-0.2, 0) is 24.8 Å². The molecule has 0 aliphatic rings. The van der Waals surface area contributed by atoms with Gasteiger partial charge in [0.05, 0.1) is 19.2 Å². The SMILES string of the molecule is COC(=O)c1coc(CNCCc2nncn2C)c1. The molecular formula is C12H16N4O3. The van der Waals surface area contributed by atoms with E-state index < -0.39 is 5.97 Å². The molecule has 0 amide bonds. The van der Waals surface area contributed by atoms with Crippen LogP contribution in [0.5, 0.6) is 0 Å². The minimum absolute atomic E-state index is 0.394. The summed E-state index contributed by atoms with van der Waals surface area (Å²) in [5.74, 6) is 1.22. The first-order valence-electron chi connectivity index (χ1n) is 5.90. The lowest BCUT2D eigenvalue weighted by molar-refractivity contribution is 0.0600. The second kappa shape index (κ2) is 6.14. The van der Waals surface area contributed by atoms with E-state index in [0.29, 0.717) is 17.9 Å². The molecule has 0 spiro atoms. The quantitative estimate of drug-likeness (QED) is 0.605. The van der Waals surface area contributed by atoms with Crippen LogP contribution >= 0.6 is 0 Å². The van der Waals surface area contributed by atoms with Crippen LogP contribution in [-0.4, -0.2) is 34.4 Å². The lowest BCUT2D eigenvalue weighted by atomic mass is 10.3. The molecule has 7 heteroatoms. The van der Waals surface area contributed by atoms with Crippen LogP contribution in [0.2, 0.25) is 0 Å². The Morgan fingerprint density at radius 2 is 2.42 bits per heavy atom. The number of nitrogens with one attached hydrogen (secondary N) is 1. The fraction of sp³-hybridized carbons (Fsp3) is 0.417. The van der Waals surface area contributed by atoms with E-state index in [1.165, 1.54) is 13.4 Å². The lowest BCUT2D eigenvalue weighted by Gasteiger charge is -2.02. The van der Waals surface area contributed by atoms with E-state index in [1.54, 1.807) is 12.4 Å². The molecule has 2 aromatic rings. The summed E-state index contributed by atoms with van der Waals surface area (Å²) in [5.41, 5.74) is 0.424. The Labute approximate surface area is 110 Å². The third-order valence-corrected chi connectivity index (χ3v) is 2.70. The van der Waals surface area contributed by atoms with Gasteiger partial charge in [0, 0.05) is 20.0 Å². The van der Waals surface area contributed by atoms with Gasteiger partial charge in [0.15, 0.2) is 0 Å². The number of esters is 1. The highest BCUT2D eigenvalue weighted by Crippen LogP contribution is 2.08. The topological polar surface area (TPSA) is 82.2 Å². The van der Waals surface area contributed by atoms with Crippen molar-refractivity contribution < 1.29 is 13.9 Å². The molecule has 7 nitrogen and oxygen atoms in total. The monoisotopic (exact) mass is 264 g/mol. The summed E-state index contributed by atoms with van der Waals surface area (Å²) in [6.07, 6.45) is 3.84. The smallest absolute Gasteiger partial charge is 0.341 e. The van der Waals surface area contributed by atoms with Crippen molar-refractivity contribution in [2.45, 2.75) is 13.0 Å². The van der Waals surface area contributed by atoms with Gasteiger partial charge in [0.1, 0.15) is 24.2 Å². The van der Waals surface area contributed by atoms with Crippen LogP contribution in [0.25, 0.3) is 0 Å². The average Bonchev–Trinajstić information content (AvgIpc) is 3.03. The van der Waals surface area contributed by atoms with Gasteiger partial charge < -0.3 is 19.0 Å². The van der Waals surface area contributed by atoms with Gasteiger partial charge in [0.25, 0.3) is 0 Å². The number of hydrogen-bond donors (Lipinski definition) is 1. The molecule has 2 heterocycles. The van der Waals surface area contributed by atoms with Gasteiger partial charge in [0.2, 0.25) is 0 Å². The van der Waals surface area contributed by atoms with E-state index >= 15 is 0 Å². The number of ether oxygens (including phenoxy) is 1. The van der Waals surface area contributed by atoms with Crippen LogP contribution < -0.4 is 5.32 Å². The number of aromatic nitrogens is 3. The zero-order valence-corrected chi connectivity index (χ0v) is 10.9. The maximum Gasteiger partial charge on any atom is 0.341 e. The van der Waals surface area contributed by atoms with Crippen LogP contribution in [0, 0.1) is 0 Å². The fourth-order valence-electron chi connectivity index (χ4n) is 1.64. The Morgan fingerprint density at radius 3 is 3.11 bits per heavy atom. The number of aryl methyl sites for hydroxylation is 1. The van der Waals surface area contributed by atoms with E-state index in [2.05, 4.69) is 20.3 Å². The summed E-state index contributed by atoms with van der Waals surface area (Å²) < 4.78 is 11.7. The second-order valence-electron chi connectivity index (χ2n) is 4.08. The van der Waals surface area contributed by atoms with E-state index in [1.807, 2.05) is 11.6 Å². The summed E-state index contributed by atoms with van der Waals surface area (Å²) in [6.45, 7) is 1.30. The van der Waals surface area contributed by atoms with E-state index in [4.69, 9.17) is 4.42 Å². The largest absolute Gasteiger partial charge is 0.467 e. The van der Waals surface area contributed by atoms with Gasteiger partial charge in [-0.2, -0.15) is 0 Å². The van der Waals surface area contributed by atoms with Gasteiger partial charge in [-0.05, 0) is 6.07 Å². The fourth-order valence-corrected chi connectivity index (χ4v) is 1.64. The number of methoxy groups -OCH3 is 1. The highest BCUT2D eigenvalue weighted by Gasteiger charge is 2.09. The van der Waals surface area contributed by atoms with Crippen molar-refractivity contribution >= 4 is 5.97 Å². The Kier molecular flexibility index (Phi) is 4.30. The molecule has 0 aliphatic heterocycles. The molecule has 0 bridgehead atoms. The first-order chi connectivity index (χ1) is 9.20. The van der Waals surface area contributed by atoms with Crippen molar-refractivity contribution in [2.75, 3.05) is 13.7 Å². The number of rotatable bonds is 6. The Hall–Kier alpha value is -2.15. The van der Waals surface area contributed by atoms with Gasteiger partial charge in [-0.3, -0.25) is 0 Å². The van der Waals surface area contributed by atoms with E-state index in [9.17, 15) is 4.79 Å². The highest BCUT2D eigenvalue weighted by molar-refractivity contribution is 5.88. The van der Waals surface area contributed by atoms with Gasteiger partial charge >= 0.3 is 5.97 Å². The molecular weight excluding hydrogens is 248 g/mol. The van der Waals surface area contributed by atoms with Crippen LogP contribution in [0.1, 0.15) is 21.9 Å². The summed E-state index contributed by atoms with van der Waals surface area (Å²) in [4.78, 5) is 11.2. The molecule has 0 unspecified atom stereocenters. The molecule has 102 valence electrons. The molecule has 19 heavy (non-hydrogen) atoms. The predicted molar refractivity (Wildman–Crippen MR) is 66.5 cm³/mol. The normalized spacial score (nSPS) is 10.6. The second-order valence-corrected chi connectivity index (χ2v) is 4.08. The highest BCUT2D eigenvalue weighted by atomic mass is 16.5. The van der Waals surface area contributed by atoms with Gasteiger partial charge in [-0.25, -0.2) is 4.79 Å². The van der Waals surface area contributed by atoms with Crippen LogP contribution in [0.4, 0.5) is 0 Å². The molecule has 2 aromatic heterocycles. The average molecular weight is 264 g/mol. The van der Waals surface area contributed by atoms with Crippen LogP contribution in [0.15, 0.2) is 23.1 Å². The van der Waals surface area contributed by atoms with Crippen molar-refractivity contribution in [3.05, 3.63) is 35.8 Å². The van der Waals surface area contributed by atoms with E-state index in [-0.39, 0.29) is 0 Å². The Morgan fingerprint density at radius 1 is 1.58 bits per heavy atom. The molecule has 0 radical (unpaired) electrons. The zero-order valence-electron chi connectivity index (χ0n) is 10.9. The molecule has 0 aliphatic carbocycles. The summed E-state index contributed by atoms with van der Waals surface area (Å²) in [6, 6.07) is 1.67. The maximum absolute atomic E-state index is 11.2. The number of nitrogens with zero attached hydrogens (tertiary/aromatic N) is 3. The van der Waals surface area contributed by atoms with Gasteiger partial charge in [-0.1, -0.05) is 0 Å². The minimum atomic E-state index is -0.394. The number of carbonyl (C=O) groups is 1. The summed E-state index contributed by atoms with van der Waals surface area (Å²) in [5, 5.41) is 11.0. The van der Waals surface area contributed by atoms with Gasteiger partial charge in [-0.15, -0.1) is 10.2 Å². The molecule has 0 atom stereocenters. The molecule has 0 fully saturated rings. The Bertz CT molecular complexity index is 547. The summed E-state index contributed by atoms with van der Waals surface area (Å²) >= 11 is 0. The molecule has 2 rings (SSSR count). The van der Waals surface area contributed by atoms with Crippen molar-refractivity contribution in [3.8, 4) is 0 Å². The molecule has 1 N–H and O–H groups in total. The Balaban J connectivity index is 1.75. The maximum atomic E-state index is 11.2. The van der Waals surface area contributed by atoms with Crippen molar-refractivity contribution in [2.24, 2.45) is 7.05 Å².